The summed E-state index contributed by atoms with van der Waals surface area (Å²) in [6, 6.07) is 73.9. The highest BCUT2D eigenvalue weighted by Crippen LogP contribution is 2.41. The van der Waals surface area contributed by atoms with Gasteiger partial charge in [-0.05, 0) is 91.7 Å². The van der Waals surface area contributed by atoms with Gasteiger partial charge in [0.15, 0.2) is 17.5 Å². The van der Waals surface area contributed by atoms with Crippen molar-refractivity contribution in [2.24, 2.45) is 0 Å². The number of aromatic nitrogens is 4. The molecule has 1 aliphatic heterocycles. The van der Waals surface area contributed by atoms with Gasteiger partial charge in [-0.1, -0.05) is 170 Å². The van der Waals surface area contributed by atoms with Crippen LogP contribution < -0.4 is 0 Å². The van der Waals surface area contributed by atoms with Crippen LogP contribution in [0.25, 0.3) is 117 Å². The zero-order valence-electron chi connectivity index (χ0n) is 31.9. The Labute approximate surface area is 341 Å². The molecule has 274 valence electrons. The maximum absolute atomic E-state index is 5.17. The molecule has 0 radical (unpaired) electrons. The Bertz CT molecular complexity index is 3430. The molecule has 3 heterocycles. The van der Waals surface area contributed by atoms with Crippen LogP contribution in [-0.2, 0) is 0 Å². The van der Waals surface area contributed by atoms with E-state index in [1.807, 2.05) is 0 Å². The smallest absolute Gasteiger partial charge is 0.164 e. The third kappa shape index (κ3) is 5.57. The van der Waals surface area contributed by atoms with E-state index in [0.29, 0.717) is 17.5 Å². The van der Waals surface area contributed by atoms with Crippen LogP contribution in [0, 0.1) is 0 Å². The average molecular weight is 751 g/mol. The van der Waals surface area contributed by atoms with E-state index in [1.165, 1.54) is 43.8 Å². The standard InChI is InChI=1S/C55H34N4/c1-2-11-36(12-3-1)48-23-10-24-50-52(48)49-30-29-42-34-51(49)59(50)45-20-8-17-41(33-45)39-15-6-18-43(31-39)54-56-53(57-55(58-54)44-19-7-16-40(42)32-44)38-27-25-37(26-28-38)47-22-9-14-35-13-4-5-21-46(35)47/h1-34H. The highest BCUT2D eigenvalue weighted by Gasteiger charge is 2.19. The van der Waals surface area contributed by atoms with Gasteiger partial charge >= 0.3 is 0 Å². The van der Waals surface area contributed by atoms with Crippen LogP contribution in [0.1, 0.15) is 0 Å². The Morgan fingerprint density at radius 3 is 1.56 bits per heavy atom. The third-order valence-electron chi connectivity index (χ3n) is 11.8. The fraction of sp³-hybridized carbons (Fsp3) is 0. The predicted molar refractivity (Wildman–Crippen MR) is 243 cm³/mol. The van der Waals surface area contributed by atoms with E-state index in [0.717, 1.165) is 55.7 Å². The molecule has 2 aromatic heterocycles. The van der Waals surface area contributed by atoms with Crippen molar-refractivity contribution in [1.82, 2.24) is 19.5 Å². The summed E-state index contributed by atoms with van der Waals surface area (Å²) in [5.74, 6) is 1.90. The van der Waals surface area contributed by atoms with Crippen LogP contribution in [-0.4, -0.2) is 19.5 Å². The molecule has 12 rings (SSSR count). The molecule has 0 saturated heterocycles. The normalized spacial score (nSPS) is 11.7. The second kappa shape index (κ2) is 13.3. The minimum Gasteiger partial charge on any atom is -0.309 e. The number of hydrogen-bond acceptors (Lipinski definition) is 3. The van der Waals surface area contributed by atoms with Crippen molar-refractivity contribution in [3.8, 4) is 84.4 Å². The molecule has 4 nitrogen and oxygen atoms in total. The van der Waals surface area contributed by atoms with Gasteiger partial charge in [-0.25, -0.2) is 15.0 Å². The lowest BCUT2D eigenvalue weighted by atomic mass is 9.97. The van der Waals surface area contributed by atoms with Gasteiger partial charge in [-0.2, -0.15) is 0 Å². The summed E-state index contributed by atoms with van der Waals surface area (Å²) in [5, 5.41) is 4.91. The number of nitrogens with zero attached hydrogens (tertiary/aromatic N) is 4. The van der Waals surface area contributed by atoms with E-state index in [9.17, 15) is 0 Å². The average Bonchev–Trinajstić information content (AvgIpc) is 3.65. The van der Waals surface area contributed by atoms with Gasteiger partial charge in [0.05, 0.1) is 11.0 Å². The summed E-state index contributed by atoms with van der Waals surface area (Å²) in [6.45, 7) is 0. The summed E-state index contributed by atoms with van der Waals surface area (Å²) in [6.07, 6.45) is 0. The van der Waals surface area contributed by atoms with Crippen LogP contribution in [0.5, 0.6) is 0 Å². The highest BCUT2D eigenvalue weighted by molar-refractivity contribution is 6.16. The first-order valence-corrected chi connectivity index (χ1v) is 20.0. The first-order valence-electron chi connectivity index (χ1n) is 20.0. The summed E-state index contributed by atoms with van der Waals surface area (Å²) in [5.41, 5.74) is 15.4. The van der Waals surface area contributed by atoms with Crippen LogP contribution in [0.2, 0.25) is 0 Å². The molecule has 0 aliphatic carbocycles. The monoisotopic (exact) mass is 750 g/mol. The SMILES string of the molecule is c1ccc(-c2cccc3c2c2ccc4cc2n3-c2cccc(c2)-c2cccc(c2)-c2nc(-c3ccc(-c5cccc6ccccc56)cc3)nc(n2)-c2cccc-4c2)cc1. The predicted octanol–water partition coefficient (Wildman–Crippen LogP) is 14.1. The molecule has 0 atom stereocenters. The van der Waals surface area contributed by atoms with E-state index in [1.54, 1.807) is 0 Å². The maximum Gasteiger partial charge on any atom is 0.164 e. The second-order valence-electron chi connectivity index (χ2n) is 15.3. The van der Waals surface area contributed by atoms with Crippen LogP contribution in [0.3, 0.4) is 0 Å². The van der Waals surface area contributed by atoms with Gasteiger partial charge in [-0.15, -0.1) is 0 Å². The summed E-state index contributed by atoms with van der Waals surface area (Å²) in [4.78, 5) is 15.5. The molecule has 0 unspecified atom stereocenters. The number of fused-ring (bicyclic) bond motifs is 18. The van der Waals surface area contributed by atoms with Gasteiger partial charge < -0.3 is 4.57 Å². The zero-order chi connectivity index (χ0) is 38.9. The van der Waals surface area contributed by atoms with Crippen molar-refractivity contribution in [2.45, 2.75) is 0 Å². The Hall–Kier alpha value is -7.95. The lowest BCUT2D eigenvalue weighted by Gasteiger charge is -2.14. The Morgan fingerprint density at radius 2 is 0.797 bits per heavy atom. The Balaban J connectivity index is 1.07. The van der Waals surface area contributed by atoms with Crippen molar-refractivity contribution in [3.63, 3.8) is 0 Å². The number of hydrogen-bond donors (Lipinski definition) is 0. The maximum atomic E-state index is 5.17. The molecule has 11 aromatic rings. The van der Waals surface area contributed by atoms with Crippen molar-refractivity contribution in [2.75, 3.05) is 0 Å². The molecular weight excluding hydrogens is 717 g/mol. The molecular formula is C55H34N4. The summed E-state index contributed by atoms with van der Waals surface area (Å²) in [7, 11) is 0. The molecule has 0 amide bonds. The molecule has 4 heteroatoms. The topological polar surface area (TPSA) is 43.6 Å². The summed E-state index contributed by atoms with van der Waals surface area (Å²) < 4.78 is 2.43. The van der Waals surface area contributed by atoms with Gasteiger partial charge in [0, 0.05) is 33.2 Å². The fourth-order valence-electron chi connectivity index (χ4n) is 8.92. The molecule has 0 spiro atoms. The molecule has 9 aromatic carbocycles. The molecule has 59 heavy (non-hydrogen) atoms. The zero-order valence-corrected chi connectivity index (χ0v) is 31.9. The van der Waals surface area contributed by atoms with Crippen LogP contribution in [0.15, 0.2) is 206 Å². The van der Waals surface area contributed by atoms with Crippen molar-refractivity contribution in [1.29, 1.82) is 0 Å². The lowest BCUT2D eigenvalue weighted by molar-refractivity contribution is 1.07. The second-order valence-corrected chi connectivity index (χ2v) is 15.3. The largest absolute Gasteiger partial charge is 0.309 e. The number of benzene rings is 9. The molecule has 10 bridgehead atoms. The van der Waals surface area contributed by atoms with Gasteiger partial charge in [0.1, 0.15) is 0 Å². The van der Waals surface area contributed by atoms with E-state index >= 15 is 0 Å². The van der Waals surface area contributed by atoms with Gasteiger partial charge in [0.25, 0.3) is 0 Å². The minimum absolute atomic E-state index is 0.632. The van der Waals surface area contributed by atoms with Gasteiger partial charge in [0.2, 0.25) is 0 Å². The third-order valence-corrected chi connectivity index (χ3v) is 11.8. The van der Waals surface area contributed by atoms with E-state index in [2.05, 4.69) is 211 Å². The van der Waals surface area contributed by atoms with Crippen LogP contribution >= 0.6 is 0 Å². The fourth-order valence-corrected chi connectivity index (χ4v) is 8.92. The first kappa shape index (κ1) is 33.2. The van der Waals surface area contributed by atoms with Crippen LogP contribution in [0.4, 0.5) is 0 Å². The molecule has 0 saturated carbocycles. The molecule has 1 aliphatic rings. The van der Waals surface area contributed by atoms with Crippen molar-refractivity contribution < 1.29 is 0 Å². The van der Waals surface area contributed by atoms with Crippen molar-refractivity contribution >= 4 is 32.6 Å². The quantitative estimate of drug-likeness (QED) is 0.181. The van der Waals surface area contributed by atoms with Crippen molar-refractivity contribution in [3.05, 3.63) is 206 Å². The van der Waals surface area contributed by atoms with E-state index in [-0.39, 0.29) is 0 Å². The lowest BCUT2D eigenvalue weighted by Crippen LogP contribution is -2.01. The summed E-state index contributed by atoms with van der Waals surface area (Å²) >= 11 is 0. The van der Waals surface area contributed by atoms with E-state index < -0.39 is 0 Å². The van der Waals surface area contributed by atoms with Gasteiger partial charge in [-0.3, -0.25) is 0 Å². The highest BCUT2D eigenvalue weighted by atomic mass is 15.0. The minimum atomic E-state index is 0.632. The first-order chi connectivity index (χ1) is 29.2. The number of rotatable bonds is 3. The Kier molecular flexibility index (Phi) is 7.50. The Morgan fingerprint density at radius 1 is 0.288 bits per heavy atom. The molecule has 0 N–H and O–H groups in total. The van der Waals surface area contributed by atoms with E-state index in [4.69, 9.17) is 15.0 Å². The molecule has 0 fully saturated rings.